The third-order valence-electron chi connectivity index (χ3n) is 6.27. The van der Waals surface area contributed by atoms with Crippen molar-refractivity contribution in [2.75, 3.05) is 5.32 Å². The lowest BCUT2D eigenvalue weighted by atomic mass is 9.91. The molecule has 180 valence electrons. The molecule has 10 heteroatoms. The average Bonchev–Trinajstić information content (AvgIpc) is 3.06. The number of aromatic nitrogens is 2. The van der Waals surface area contributed by atoms with Crippen molar-refractivity contribution in [3.8, 4) is 0 Å². The van der Waals surface area contributed by atoms with Crippen molar-refractivity contribution in [1.82, 2.24) is 14.3 Å². The van der Waals surface area contributed by atoms with Gasteiger partial charge in [-0.2, -0.15) is 0 Å². The highest BCUT2D eigenvalue weighted by Crippen LogP contribution is 2.31. The summed E-state index contributed by atoms with van der Waals surface area (Å²) in [6.45, 7) is 2.06. The molecule has 3 N–H and O–H groups in total. The minimum atomic E-state index is -3.31. The number of carbonyl (C=O) groups excluding carboxylic acids is 1. The number of nitrogens with one attached hydrogen (secondary N) is 3. The summed E-state index contributed by atoms with van der Waals surface area (Å²) in [5.74, 6) is -0.490. The first-order valence-corrected chi connectivity index (χ1v) is 13.0. The lowest BCUT2D eigenvalue weighted by molar-refractivity contribution is 0.101. The Morgan fingerprint density at radius 2 is 2.12 bits per heavy atom. The van der Waals surface area contributed by atoms with Crippen LogP contribution < -0.4 is 10.0 Å². The highest BCUT2D eigenvalue weighted by molar-refractivity contribution is 7.90. The van der Waals surface area contributed by atoms with Gasteiger partial charge in [0.1, 0.15) is 26.6 Å². The molecule has 7 nitrogen and oxygen atoms in total. The number of pyridine rings is 1. The molecule has 2 aromatic heterocycles. The van der Waals surface area contributed by atoms with Gasteiger partial charge >= 0.3 is 0 Å². The fourth-order valence-corrected chi connectivity index (χ4v) is 6.32. The van der Waals surface area contributed by atoms with Gasteiger partial charge < -0.3 is 9.88 Å². The smallest absolute Gasteiger partial charge is 0.272 e. The summed E-state index contributed by atoms with van der Waals surface area (Å²) in [4.78, 5) is 17.4. The van der Waals surface area contributed by atoms with Gasteiger partial charge in [-0.25, -0.2) is 23.1 Å². The Bertz CT molecular complexity index is 1310. The molecule has 0 saturated heterocycles. The van der Waals surface area contributed by atoms with Gasteiger partial charge in [0, 0.05) is 36.7 Å². The van der Waals surface area contributed by atoms with E-state index in [-0.39, 0.29) is 28.8 Å². The van der Waals surface area contributed by atoms with Gasteiger partial charge in [-0.05, 0) is 61.4 Å². The second-order valence-electron chi connectivity index (χ2n) is 8.71. The minimum Gasteiger partial charge on any atom is -0.345 e. The number of anilines is 1. The lowest BCUT2D eigenvalue weighted by Crippen LogP contribution is -2.37. The zero-order chi connectivity index (χ0) is 24.5. The number of halogens is 2. The monoisotopic (exact) mass is 503 g/mol. The summed E-state index contributed by atoms with van der Waals surface area (Å²) < 4.78 is 39.8. The number of rotatable bonds is 6. The Labute approximate surface area is 203 Å². The van der Waals surface area contributed by atoms with Gasteiger partial charge in [0.25, 0.3) is 5.91 Å². The average molecular weight is 504 g/mol. The number of hydrogen-bond donors (Lipinski definition) is 3. The summed E-state index contributed by atoms with van der Waals surface area (Å²) >= 11 is 5.92. The Kier molecular flexibility index (Phi) is 7.06. The fourth-order valence-electron chi connectivity index (χ4n) is 4.39. The van der Waals surface area contributed by atoms with Gasteiger partial charge in [-0.3, -0.25) is 4.79 Å². The van der Waals surface area contributed by atoms with Crippen molar-refractivity contribution in [2.45, 2.75) is 43.5 Å². The molecule has 34 heavy (non-hydrogen) atoms. The molecule has 0 aliphatic carbocycles. The largest absolute Gasteiger partial charge is 0.345 e. The van der Waals surface area contributed by atoms with E-state index in [4.69, 9.17) is 16.4 Å². The maximum absolute atomic E-state index is 13.4. The first-order chi connectivity index (χ1) is 16.1. The summed E-state index contributed by atoms with van der Waals surface area (Å²) in [5, 5.41) is 3.08. The first-order valence-electron chi connectivity index (χ1n) is 11.1. The van der Waals surface area contributed by atoms with Crippen LogP contribution in [0, 0.1) is 16.5 Å². The second-order valence-corrected chi connectivity index (χ2v) is 10.9. The highest BCUT2D eigenvalue weighted by atomic mass is 35.5. The van der Waals surface area contributed by atoms with Crippen molar-refractivity contribution >= 4 is 33.1 Å². The Balaban J connectivity index is 1.52. The molecule has 1 aliphatic rings. The molecule has 0 fully saturated rings. The molecule has 3 atom stereocenters. The normalized spacial score (nSPS) is 20.9. The van der Waals surface area contributed by atoms with E-state index in [9.17, 15) is 13.4 Å². The van der Waals surface area contributed by atoms with E-state index in [0.29, 0.717) is 34.7 Å². The van der Waals surface area contributed by atoms with Gasteiger partial charge in [-0.15, -0.1) is 0 Å². The molecule has 1 aromatic carbocycles. The number of nitrogens with zero attached hydrogens (tertiary/aromatic N) is 2. The zero-order valence-electron chi connectivity index (χ0n) is 19.0. The number of carbonyl (C=O) groups is 1. The third kappa shape index (κ3) is 5.32. The number of aryl methyl sites for hydroxylation is 2. The van der Waals surface area contributed by atoms with Gasteiger partial charge in [0.2, 0.25) is 0 Å². The molecule has 0 spiro atoms. The molecule has 1 aliphatic heterocycles. The molecule has 3 heterocycles. The van der Waals surface area contributed by atoms with Crippen molar-refractivity contribution in [1.29, 1.82) is 4.78 Å². The topological polar surface area (TPSA) is 99.9 Å². The molecule has 1 amide bonds. The number of hydrogen-bond acceptors (Lipinski definition) is 4. The van der Waals surface area contributed by atoms with E-state index >= 15 is 0 Å². The summed E-state index contributed by atoms with van der Waals surface area (Å²) in [5.41, 5.74) is 2.54. The van der Waals surface area contributed by atoms with Crippen LogP contribution in [0.2, 0.25) is 5.15 Å². The molecule has 3 aromatic rings. The van der Waals surface area contributed by atoms with E-state index in [1.807, 2.05) is 0 Å². The van der Waals surface area contributed by atoms with Crippen LogP contribution in [0.5, 0.6) is 0 Å². The molecule has 1 unspecified atom stereocenters. The van der Waals surface area contributed by atoms with Crippen molar-refractivity contribution in [2.24, 2.45) is 13.0 Å². The first kappa shape index (κ1) is 24.4. The summed E-state index contributed by atoms with van der Waals surface area (Å²) in [6.07, 6.45) is 5.82. The Morgan fingerprint density at radius 1 is 1.38 bits per heavy atom. The van der Waals surface area contributed by atoms with E-state index in [0.717, 1.165) is 18.4 Å². The predicted octanol–water partition coefficient (Wildman–Crippen LogP) is 4.96. The maximum atomic E-state index is 13.4. The second kappa shape index (κ2) is 9.85. The molecule has 4 rings (SSSR count). The van der Waals surface area contributed by atoms with E-state index < -0.39 is 9.92 Å². The quantitative estimate of drug-likeness (QED) is 0.414. The van der Waals surface area contributed by atoms with Crippen LogP contribution in [-0.2, 0) is 29.8 Å². The van der Waals surface area contributed by atoms with Crippen LogP contribution in [0.4, 0.5) is 10.1 Å². The SMILES string of the molecule is C[C@@H](CCc1ccc(F)cc1)[C@H]1CCc2c(cn(C)c2C(=O)Nc2ccnc(Cl)c2)S(=N)(=O)N1. The zero-order valence-corrected chi connectivity index (χ0v) is 20.5. The van der Waals surface area contributed by atoms with Crippen LogP contribution in [-0.4, -0.2) is 25.7 Å². The summed E-state index contributed by atoms with van der Waals surface area (Å²) in [6, 6.07) is 9.47. The molecule has 0 bridgehead atoms. The van der Waals surface area contributed by atoms with Crippen LogP contribution in [0.1, 0.15) is 41.4 Å². The van der Waals surface area contributed by atoms with Crippen LogP contribution >= 0.6 is 11.6 Å². The van der Waals surface area contributed by atoms with Crippen LogP contribution in [0.15, 0.2) is 53.7 Å². The van der Waals surface area contributed by atoms with Crippen LogP contribution in [0.25, 0.3) is 0 Å². The Morgan fingerprint density at radius 3 is 2.82 bits per heavy atom. The third-order valence-corrected chi connectivity index (χ3v) is 8.08. The standard InChI is InChI=1S/C24H27ClFN5O2S/c1-15(3-4-16-5-7-17(26)8-6-16)20-10-9-19-21(34(27,33)30-20)14-31(2)23(19)24(32)29-18-11-12-28-22(25)13-18/h5-8,11-15,20H,3-4,9-10H2,1-2H3,(H2,27,30,33)(H,28,29,32)/t15-,20+,34?/m0/s1. The van der Waals surface area contributed by atoms with Gasteiger partial charge in [0.05, 0.1) is 4.90 Å². The molecular weight excluding hydrogens is 477 g/mol. The highest BCUT2D eigenvalue weighted by Gasteiger charge is 2.32. The fraction of sp³-hybridized carbons (Fsp3) is 0.333. The number of fused-ring (bicyclic) bond motifs is 1. The Hall–Kier alpha value is -2.75. The van der Waals surface area contributed by atoms with E-state index in [1.54, 1.807) is 42.1 Å². The lowest BCUT2D eigenvalue weighted by Gasteiger charge is -2.24. The van der Waals surface area contributed by atoms with Crippen molar-refractivity contribution in [3.63, 3.8) is 0 Å². The van der Waals surface area contributed by atoms with E-state index in [1.165, 1.54) is 18.3 Å². The van der Waals surface area contributed by atoms with Crippen molar-refractivity contribution < 1.29 is 13.4 Å². The van der Waals surface area contributed by atoms with Crippen molar-refractivity contribution in [3.05, 3.63) is 76.6 Å². The molecule has 0 radical (unpaired) electrons. The minimum absolute atomic E-state index is 0.130. The number of benzene rings is 1. The summed E-state index contributed by atoms with van der Waals surface area (Å²) in [7, 11) is -1.60. The maximum Gasteiger partial charge on any atom is 0.272 e. The number of amides is 1. The predicted molar refractivity (Wildman–Crippen MR) is 131 cm³/mol. The van der Waals surface area contributed by atoms with Gasteiger partial charge in [-0.1, -0.05) is 30.7 Å². The van der Waals surface area contributed by atoms with Gasteiger partial charge in [0.15, 0.2) is 0 Å². The molecule has 0 saturated carbocycles. The van der Waals surface area contributed by atoms with Crippen LogP contribution in [0.3, 0.4) is 0 Å². The van der Waals surface area contributed by atoms with E-state index in [2.05, 4.69) is 21.9 Å². The molecular formula is C24H27ClFN5O2S.